The molecular formula is C11H25NO4. The van der Waals surface area contributed by atoms with Gasteiger partial charge in [0.15, 0.2) is 0 Å². The smallest absolute Gasteiger partial charge is 0.303 e. The molecule has 0 bridgehead atoms. The summed E-state index contributed by atoms with van der Waals surface area (Å²) in [5.74, 6) is -0.675. The van der Waals surface area contributed by atoms with E-state index in [0.29, 0.717) is 19.5 Å². The summed E-state index contributed by atoms with van der Waals surface area (Å²) in [7, 11) is 0. The van der Waals surface area contributed by atoms with Gasteiger partial charge in [0.05, 0.1) is 13.2 Å². The van der Waals surface area contributed by atoms with Crippen molar-refractivity contribution in [2.24, 2.45) is 0 Å². The second kappa shape index (κ2) is 16.8. The molecule has 0 rings (SSSR count). The molecule has 0 fully saturated rings. The van der Waals surface area contributed by atoms with Crippen LogP contribution in [-0.2, 0) is 4.79 Å². The number of aliphatic carboxylic acids is 1. The normalized spacial score (nSPS) is 9.44. The Hall–Kier alpha value is -0.650. The van der Waals surface area contributed by atoms with Gasteiger partial charge in [0.25, 0.3) is 0 Å². The fraction of sp³-hybridized carbons (Fsp3) is 0.909. The van der Waals surface area contributed by atoms with Crippen LogP contribution in [0, 0.1) is 0 Å². The summed E-state index contributed by atoms with van der Waals surface area (Å²) in [6.45, 7) is 3.53. The molecule has 0 aliphatic rings. The van der Waals surface area contributed by atoms with Gasteiger partial charge in [0, 0.05) is 19.5 Å². The van der Waals surface area contributed by atoms with Gasteiger partial charge in [-0.25, -0.2) is 0 Å². The maximum absolute atomic E-state index is 9.96. The topological polar surface area (TPSA) is 89.8 Å². The third-order valence-electron chi connectivity index (χ3n) is 1.82. The third kappa shape index (κ3) is 23.3. The Kier molecular flexibility index (Phi) is 18.6. The van der Waals surface area contributed by atoms with Gasteiger partial charge in [-0.3, -0.25) is 4.79 Å². The maximum Gasteiger partial charge on any atom is 0.303 e. The van der Waals surface area contributed by atoms with E-state index in [1.807, 2.05) is 0 Å². The lowest BCUT2D eigenvalue weighted by Gasteiger charge is -1.94. The number of aliphatic hydroxyl groups excluding tert-OH is 2. The van der Waals surface area contributed by atoms with E-state index < -0.39 is 5.97 Å². The summed E-state index contributed by atoms with van der Waals surface area (Å²) in [6, 6.07) is 0. The lowest BCUT2D eigenvalue weighted by atomic mass is 10.2. The van der Waals surface area contributed by atoms with Crippen LogP contribution < -0.4 is 5.32 Å². The van der Waals surface area contributed by atoms with E-state index in [9.17, 15) is 4.79 Å². The van der Waals surface area contributed by atoms with Gasteiger partial charge in [-0.05, 0) is 6.42 Å². The van der Waals surface area contributed by atoms with Crippen LogP contribution >= 0.6 is 0 Å². The third-order valence-corrected chi connectivity index (χ3v) is 1.82. The Labute approximate surface area is 97.5 Å². The van der Waals surface area contributed by atoms with Crippen molar-refractivity contribution in [2.75, 3.05) is 26.3 Å². The standard InChI is InChI=1S/C7H14O2.C4H11NO2/c1-2-3-4-5-6-7(8)9;6-3-1-5-2-4-7/h2-6H2,1H3,(H,8,9);5-7H,1-4H2. The Morgan fingerprint density at radius 3 is 2.00 bits per heavy atom. The van der Waals surface area contributed by atoms with E-state index in [0.717, 1.165) is 19.3 Å². The Morgan fingerprint density at radius 1 is 1.06 bits per heavy atom. The average Bonchev–Trinajstić information content (AvgIpc) is 2.26. The monoisotopic (exact) mass is 235 g/mol. The molecule has 0 aromatic heterocycles. The van der Waals surface area contributed by atoms with Crippen LogP contribution in [0.25, 0.3) is 0 Å². The van der Waals surface area contributed by atoms with Crippen molar-refractivity contribution in [3.8, 4) is 0 Å². The molecule has 0 radical (unpaired) electrons. The number of hydrogen-bond donors (Lipinski definition) is 4. The summed E-state index contributed by atoms with van der Waals surface area (Å²) in [5, 5.41) is 27.3. The van der Waals surface area contributed by atoms with Gasteiger partial charge in [-0.1, -0.05) is 26.2 Å². The molecule has 0 aromatic carbocycles. The fourth-order valence-corrected chi connectivity index (χ4v) is 0.986. The molecule has 0 unspecified atom stereocenters. The molecule has 98 valence electrons. The van der Waals surface area contributed by atoms with Gasteiger partial charge >= 0.3 is 5.97 Å². The first-order valence-electron chi connectivity index (χ1n) is 5.83. The largest absolute Gasteiger partial charge is 0.481 e. The van der Waals surface area contributed by atoms with Crippen molar-refractivity contribution in [3.63, 3.8) is 0 Å². The number of carboxylic acid groups (broad SMARTS) is 1. The van der Waals surface area contributed by atoms with Gasteiger partial charge in [-0.2, -0.15) is 0 Å². The van der Waals surface area contributed by atoms with E-state index >= 15 is 0 Å². The molecule has 0 amide bonds. The van der Waals surface area contributed by atoms with E-state index in [-0.39, 0.29) is 13.2 Å². The summed E-state index contributed by atoms with van der Waals surface area (Å²) in [6.07, 6.45) is 4.55. The second-order valence-corrected chi connectivity index (χ2v) is 3.40. The zero-order chi connectivity index (χ0) is 12.6. The minimum absolute atomic E-state index is 0.139. The summed E-state index contributed by atoms with van der Waals surface area (Å²) < 4.78 is 0. The first-order valence-corrected chi connectivity index (χ1v) is 5.83. The molecule has 4 N–H and O–H groups in total. The maximum atomic E-state index is 9.96. The molecule has 0 aromatic rings. The molecule has 0 aliphatic heterocycles. The highest BCUT2D eigenvalue weighted by molar-refractivity contribution is 5.66. The van der Waals surface area contributed by atoms with Gasteiger partial charge < -0.3 is 20.6 Å². The second-order valence-electron chi connectivity index (χ2n) is 3.40. The predicted octanol–water partition coefficient (Wildman–Crippen LogP) is 0.602. The zero-order valence-electron chi connectivity index (χ0n) is 10.1. The van der Waals surface area contributed by atoms with Gasteiger partial charge in [0.1, 0.15) is 0 Å². The quantitative estimate of drug-likeness (QED) is 0.439. The van der Waals surface area contributed by atoms with Crippen molar-refractivity contribution in [1.82, 2.24) is 5.32 Å². The highest BCUT2D eigenvalue weighted by Crippen LogP contribution is 2.01. The summed E-state index contributed by atoms with van der Waals surface area (Å²) in [4.78, 5) is 9.96. The number of carboxylic acids is 1. The molecular weight excluding hydrogens is 210 g/mol. The molecule has 5 nitrogen and oxygen atoms in total. The number of carbonyl (C=O) groups is 1. The van der Waals surface area contributed by atoms with E-state index in [2.05, 4.69) is 12.2 Å². The SMILES string of the molecule is CCCCCCC(=O)O.OCCNCCO. The first kappa shape index (κ1) is 17.7. The predicted molar refractivity (Wildman–Crippen MR) is 63.4 cm³/mol. The highest BCUT2D eigenvalue weighted by atomic mass is 16.4. The minimum atomic E-state index is -0.675. The number of unbranched alkanes of at least 4 members (excludes halogenated alkanes) is 3. The van der Waals surface area contributed by atoms with Crippen molar-refractivity contribution < 1.29 is 20.1 Å². The Bertz CT molecular complexity index is 138. The van der Waals surface area contributed by atoms with Crippen LogP contribution in [-0.4, -0.2) is 47.6 Å². The summed E-state index contributed by atoms with van der Waals surface area (Å²) in [5.41, 5.74) is 0. The van der Waals surface area contributed by atoms with Crippen LogP contribution in [0.5, 0.6) is 0 Å². The molecule has 0 saturated carbocycles. The number of hydrogen-bond acceptors (Lipinski definition) is 4. The number of aliphatic hydroxyl groups is 2. The van der Waals surface area contributed by atoms with Gasteiger partial charge in [0.2, 0.25) is 0 Å². The molecule has 0 spiro atoms. The molecule has 0 saturated heterocycles. The fourth-order valence-electron chi connectivity index (χ4n) is 0.986. The van der Waals surface area contributed by atoms with Crippen LogP contribution in [0.2, 0.25) is 0 Å². The lowest BCUT2D eigenvalue weighted by molar-refractivity contribution is -0.137. The highest BCUT2D eigenvalue weighted by Gasteiger charge is 1.93. The van der Waals surface area contributed by atoms with Crippen molar-refractivity contribution in [3.05, 3.63) is 0 Å². The van der Waals surface area contributed by atoms with Crippen LogP contribution in [0.4, 0.5) is 0 Å². The van der Waals surface area contributed by atoms with Gasteiger partial charge in [-0.15, -0.1) is 0 Å². The molecule has 0 atom stereocenters. The molecule has 5 heteroatoms. The molecule has 0 heterocycles. The van der Waals surface area contributed by atoms with Crippen LogP contribution in [0.15, 0.2) is 0 Å². The molecule has 0 aliphatic carbocycles. The Balaban J connectivity index is 0. The lowest BCUT2D eigenvalue weighted by Crippen LogP contribution is -2.21. The number of nitrogens with one attached hydrogen (secondary N) is 1. The van der Waals surface area contributed by atoms with Crippen molar-refractivity contribution in [1.29, 1.82) is 0 Å². The van der Waals surface area contributed by atoms with E-state index in [1.165, 1.54) is 6.42 Å². The van der Waals surface area contributed by atoms with Crippen LogP contribution in [0.1, 0.15) is 39.0 Å². The zero-order valence-corrected chi connectivity index (χ0v) is 10.1. The van der Waals surface area contributed by atoms with E-state index in [4.69, 9.17) is 15.3 Å². The average molecular weight is 235 g/mol. The Morgan fingerprint density at radius 2 is 1.62 bits per heavy atom. The van der Waals surface area contributed by atoms with Crippen molar-refractivity contribution >= 4 is 5.97 Å². The number of rotatable bonds is 9. The molecule has 16 heavy (non-hydrogen) atoms. The van der Waals surface area contributed by atoms with E-state index in [1.54, 1.807) is 0 Å². The minimum Gasteiger partial charge on any atom is -0.481 e. The summed E-state index contributed by atoms with van der Waals surface area (Å²) >= 11 is 0. The van der Waals surface area contributed by atoms with Crippen LogP contribution in [0.3, 0.4) is 0 Å². The van der Waals surface area contributed by atoms with Crippen molar-refractivity contribution in [2.45, 2.75) is 39.0 Å². The first-order chi connectivity index (χ1) is 7.68.